The first kappa shape index (κ1) is 9.10. The molecule has 78 valence electrons. The van der Waals surface area contributed by atoms with E-state index in [-0.39, 0.29) is 0 Å². The number of hydrogen-bond acceptors (Lipinski definition) is 3. The van der Waals surface area contributed by atoms with Gasteiger partial charge in [-0.25, -0.2) is 0 Å². The monoisotopic (exact) mass is 210 g/mol. The van der Waals surface area contributed by atoms with Crippen molar-refractivity contribution in [2.75, 3.05) is 0 Å². The van der Waals surface area contributed by atoms with Gasteiger partial charge in [-0.05, 0) is 25.0 Å². The van der Waals surface area contributed by atoms with Crippen molar-refractivity contribution in [1.82, 2.24) is 14.8 Å². The molecule has 1 aromatic heterocycles. The molecule has 1 aliphatic rings. The summed E-state index contributed by atoms with van der Waals surface area (Å²) in [5.41, 5.74) is 1.62. The van der Waals surface area contributed by atoms with Crippen molar-refractivity contribution >= 4 is 0 Å². The molecule has 0 amide bonds. The van der Waals surface area contributed by atoms with E-state index >= 15 is 0 Å². The zero-order valence-corrected chi connectivity index (χ0v) is 8.67. The Morgan fingerprint density at radius 2 is 2.25 bits per heavy atom. The van der Waals surface area contributed by atoms with Crippen molar-refractivity contribution < 1.29 is 0 Å². The second-order valence-electron chi connectivity index (χ2n) is 3.99. The van der Waals surface area contributed by atoms with Crippen LogP contribution in [0.4, 0.5) is 0 Å². The van der Waals surface area contributed by atoms with Gasteiger partial charge < -0.3 is 4.57 Å². The van der Waals surface area contributed by atoms with Crippen molar-refractivity contribution in [3.05, 3.63) is 36.2 Å². The predicted molar refractivity (Wildman–Crippen MR) is 58.4 cm³/mol. The fraction of sp³-hybridized carbons (Fsp3) is 0.250. The van der Waals surface area contributed by atoms with E-state index in [1.807, 2.05) is 18.2 Å². The minimum Gasteiger partial charge on any atom is -0.310 e. The van der Waals surface area contributed by atoms with Gasteiger partial charge in [0.15, 0.2) is 5.82 Å². The molecule has 0 atom stereocenters. The molecule has 0 N–H and O–H groups in total. The highest BCUT2D eigenvalue weighted by Gasteiger charge is 2.26. The minimum absolute atomic E-state index is 0.552. The maximum Gasteiger partial charge on any atom is 0.164 e. The number of hydrogen-bond donors (Lipinski definition) is 0. The molecule has 3 rings (SSSR count). The molecule has 16 heavy (non-hydrogen) atoms. The van der Waals surface area contributed by atoms with Crippen molar-refractivity contribution in [2.24, 2.45) is 0 Å². The van der Waals surface area contributed by atoms with E-state index in [0.717, 1.165) is 11.4 Å². The summed E-state index contributed by atoms with van der Waals surface area (Å²) < 4.78 is 2.09. The molecule has 1 saturated carbocycles. The van der Waals surface area contributed by atoms with Crippen LogP contribution in [0.5, 0.6) is 0 Å². The number of nitrogens with zero attached hydrogens (tertiary/aromatic N) is 4. The van der Waals surface area contributed by atoms with E-state index in [2.05, 4.69) is 20.8 Å². The van der Waals surface area contributed by atoms with Crippen LogP contribution in [-0.2, 0) is 0 Å². The average molecular weight is 210 g/mol. The SMILES string of the molecule is N#Cc1cccc(-c2nncn2C2CC2)c1. The van der Waals surface area contributed by atoms with Gasteiger partial charge in [-0.2, -0.15) is 5.26 Å². The second-order valence-corrected chi connectivity index (χ2v) is 3.99. The zero-order valence-electron chi connectivity index (χ0n) is 8.67. The molecule has 0 unspecified atom stereocenters. The number of nitriles is 1. The first-order chi connectivity index (χ1) is 7.88. The first-order valence-electron chi connectivity index (χ1n) is 5.28. The highest BCUT2D eigenvalue weighted by Crippen LogP contribution is 2.37. The molecule has 0 bridgehead atoms. The molecule has 0 saturated heterocycles. The van der Waals surface area contributed by atoms with E-state index in [1.54, 1.807) is 12.4 Å². The Morgan fingerprint density at radius 3 is 3.00 bits per heavy atom. The summed E-state index contributed by atoms with van der Waals surface area (Å²) in [5.74, 6) is 0.861. The minimum atomic E-state index is 0.552. The summed E-state index contributed by atoms with van der Waals surface area (Å²) >= 11 is 0. The van der Waals surface area contributed by atoms with Gasteiger partial charge in [0.1, 0.15) is 6.33 Å². The van der Waals surface area contributed by atoms with Crippen LogP contribution >= 0.6 is 0 Å². The van der Waals surface area contributed by atoms with Crippen LogP contribution < -0.4 is 0 Å². The van der Waals surface area contributed by atoms with Crippen molar-refractivity contribution in [3.63, 3.8) is 0 Å². The van der Waals surface area contributed by atoms with Crippen molar-refractivity contribution in [1.29, 1.82) is 5.26 Å². The summed E-state index contributed by atoms with van der Waals surface area (Å²) in [6.45, 7) is 0. The standard InChI is InChI=1S/C12H10N4/c13-7-9-2-1-3-10(6-9)12-15-14-8-16(12)11-4-5-11/h1-3,6,8,11H,4-5H2. The van der Waals surface area contributed by atoms with E-state index in [9.17, 15) is 0 Å². The van der Waals surface area contributed by atoms with E-state index in [0.29, 0.717) is 11.6 Å². The van der Waals surface area contributed by atoms with Gasteiger partial charge in [0.25, 0.3) is 0 Å². The van der Waals surface area contributed by atoms with Crippen LogP contribution in [0.1, 0.15) is 24.4 Å². The van der Waals surface area contributed by atoms with Crippen LogP contribution in [0.15, 0.2) is 30.6 Å². The maximum atomic E-state index is 8.86. The molecule has 1 heterocycles. The predicted octanol–water partition coefficient (Wildman–Crippen LogP) is 2.15. The first-order valence-corrected chi connectivity index (χ1v) is 5.28. The Morgan fingerprint density at radius 1 is 1.38 bits per heavy atom. The molecule has 4 nitrogen and oxygen atoms in total. The van der Waals surface area contributed by atoms with E-state index < -0.39 is 0 Å². The Kier molecular flexibility index (Phi) is 1.97. The highest BCUT2D eigenvalue weighted by atomic mass is 15.3. The number of benzene rings is 1. The second kappa shape index (κ2) is 3.46. The van der Waals surface area contributed by atoms with Gasteiger partial charge in [0.05, 0.1) is 11.6 Å². The zero-order chi connectivity index (χ0) is 11.0. The normalized spacial score (nSPS) is 14.7. The molecule has 0 aliphatic heterocycles. The van der Waals surface area contributed by atoms with E-state index in [1.165, 1.54) is 12.8 Å². The summed E-state index contributed by atoms with van der Waals surface area (Å²) in [7, 11) is 0. The molecular formula is C12H10N4. The van der Waals surface area contributed by atoms with Gasteiger partial charge in [0, 0.05) is 11.6 Å². The Bertz CT molecular complexity index is 560. The summed E-state index contributed by atoms with van der Waals surface area (Å²) in [6, 6.07) is 10.2. The molecule has 4 heteroatoms. The van der Waals surface area contributed by atoms with Crippen LogP contribution in [-0.4, -0.2) is 14.8 Å². The summed E-state index contributed by atoms with van der Waals surface area (Å²) in [5, 5.41) is 16.9. The van der Waals surface area contributed by atoms with Gasteiger partial charge in [-0.15, -0.1) is 10.2 Å². The molecule has 1 fully saturated rings. The van der Waals surface area contributed by atoms with Crippen LogP contribution in [0.2, 0.25) is 0 Å². The van der Waals surface area contributed by atoms with Crippen molar-refractivity contribution in [2.45, 2.75) is 18.9 Å². The van der Waals surface area contributed by atoms with Gasteiger partial charge >= 0.3 is 0 Å². The van der Waals surface area contributed by atoms with Crippen LogP contribution in [0, 0.1) is 11.3 Å². The molecule has 0 radical (unpaired) electrons. The third kappa shape index (κ3) is 1.47. The lowest BCUT2D eigenvalue weighted by Gasteiger charge is -2.04. The fourth-order valence-electron chi connectivity index (χ4n) is 1.80. The topological polar surface area (TPSA) is 54.5 Å². The van der Waals surface area contributed by atoms with Gasteiger partial charge in [-0.3, -0.25) is 0 Å². The molecular weight excluding hydrogens is 200 g/mol. The average Bonchev–Trinajstić information content (AvgIpc) is 3.07. The van der Waals surface area contributed by atoms with Crippen molar-refractivity contribution in [3.8, 4) is 17.5 Å². The lowest BCUT2D eigenvalue weighted by Crippen LogP contribution is -1.95. The highest BCUT2D eigenvalue weighted by molar-refractivity contribution is 5.58. The summed E-state index contributed by atoms with van der Waals surface area (Å²) in [4.78, 5) is 0. The number of rotatable bonds is 2. The Labute approximate surface area is 93.2 Å². The molecule has 2 aromatic rings. The lowest BCUT2D eigenvalue weighted by atomic mass is 10.1. The fourth-order valence-corrected chi connectivity index (χ4v) is 1.80. The third-order valence-corrected chi connectivity index (χ3v) is 2.76. The smallest absolute Gasteiger partial charge is 0.164 e. The van der Waals surface area contributed by atoms with Gasteiger partial charge in [0.2, 0.25) is 0 Å². The molecule has 0 spiro atoms. The Balaban J connectivity index is 2.07. The van der Waals surface area contributed by atoms with Crippen LogP contribution in [0.25, 0.3) is 11.4 Å². The molecule has 1 aromatic carbocycles. The number of aromatic nitrogens is 3. The largest absolute Gasteiger partial charge is 0.310 e. The molecule has 1 aliphatic carbocycles. The van der Waals surface area contributed by atoms with Crippen LogP contribution in [0.3, 0.4) is 0 Å². The third-order valence-electron chi connectivity index (χ3n) is 2.76. The Hall–Kier alpha value is -2.15. The maximum absolute atomic E-state index is 8.86. The van der Waals surface area contributed by atoms with Gasteiger partial charge in [-0.1, -0.05) is 12.1 Å². The summed E-state index contributed by atoms with van der Waals surface area (Å²) in [6.07, 6.45) is 4.16. The van der Waals surface area contributed by atoms with E-state index in [4.69, 9.17) is 5.26 Å². The lowest BCUT2D eigenvalue weighted by molar-refractivity contribution is 0.746. The quantitative estimate of drug-likeness (QED) is 0.763.